The molecule has 1 rings (SSSR count). The van der Waals surface area contributed by atoms with Crippen molar-refractivity contribution in [1.82, 2.24) is 0 Å². The second-order valence-corrected chi connectivity index (χ2v) is 2.82. The Balaban J connectivity index is 3.02. The summed E-state index contributed by atoms with van der Waals surface area (Å²) in [6, 6.07) is 5.82. The van der Waals surface area contributed by atoms with Gasteiger partial charge >= 0.3 is 0 Å². The fourth-order valence-electron chi connectivity index (χ4n) is 0.967. The highest BCUT2D eigenvalue weighted by atomic mass is 35.5. The Morgan fingerprint density at radius 2 is 2.18 bits per heavy atom. The number of alkyl halides is 1. The lowest BCUT2D eigenvalue weighted by molar-refractivity contribution is 0.281. The highest BCUT2D eigenvalue weighted by Crippen LogP contribution is 2.13. The minimum atomic E-state index is 0.0875. The van der Waals surface area contributed by atoms with Gasteiger partial charge in [0.25, 0.3) is 0 Å². The van der Waals surface area contributed by atoms with Crippen molar-refractivity contribution >= 4 is 11.6 Å². The van der Waals surface area contributed by atoms with Crippen LogP contribution in [-0.2, 0) is 12.5 Å². The molecule has 0 atom stereocenters. The summed E-state index contributed by atoms with van der Waals surface area (Å²) in [5, 5.41) is 8.81. The van der Waals surface area contributed by atoms with Gasteiger partial charge in [-0.15, -0.1) is 11.6 Å². The third kappa shape index (κ3) is 1.95. The summed E-state index contributed by atoms with van der Waals surface area (Å²) in [7, 11) is 0. The lowest BCUT2D eigenvalue weighted by Gasteiger charge is -2.03. The standard InChI is InChI=1S/C9H11ClO/c1-7-2-3-8(6-11)4-9(7)5-10/h2-4,11H,5-6H2,1H3. The van der Waals surface area contributed by atoms with Crippen LogP contribution in [0.15, 0.2) is 18.2 Å². The van der Waals surface area contributed by atoms with Gasteiger partial charge in [0.15, 0.2) is 0 Å². The monoisotopic (exact) mass is 170 g/mol. The van der Waals surface area contributed by atoms with E-state index in [1.54, 1.807) is 0 Å². The number of rotatable bonds is 2. The van der Waals surface area contributed by atoms with Crippen LogP contribution >= 0.6 is 11.6 Å². The van der Waals surface area contributed by atoms with Gasteiger partial charge in [-0.3, -0.25) is 0 Å². The summed E-state index contributed by atoms with van der Waals surface area (Å²) in [6.45, 7) is 2.10. The molecule has 0 spiro atoms. The summed E-state index contributed by atoms with van der Waals surface area (Å²) in [5.41, 5.74) is 3.20. The van der Waals surface area contributed by atoms with Crippen LogP contribution in [0.1, 0.15) is 16.7 Å². The van der Waals surface area contributed by atoms with E-state index in [2.05, 4.69) is 0 Å². The van der Waals surface area contributed by atoms with Crippen molar-refractivity contribution in [3.05, 3.63) is 34.9 Å². The molecule has 0 bridgehead atoms. The fourth-order valence-corrected chi connectivity index (χ4v) is 1.26. The summed E-state index contributed by atoms with van der Waals surface area (Å²) >= 11 is 5.68. The average Bonchev–Trinajstić information content (AvgIpc) is 2.05. The molecule has 0 aromatic heterocycles. The van der Waals surface area contributed by atoms with Crippen LogP contribution in [0.4, 0.5) is 0 Å². The Hall–Kier alpha value is -0.530. The zero-order chi connectivity index (χ0) is 8.27. The van der Waals surface area contributed by atoms with E-state index in [9.17, 15) is 0 Å². The van der Waals surface area contributed by atoms with Gasteiger partial charge in [-0.2, -0.15) is 0 Å². The molecule has 1 aromatic carbocycles. The number of hydrogen-bond acceptors (Lipinski definition) is 1. The minimum absolute atomic E-state index is 0.0875. The largest absolute Gasteiger partial charge is 0.392 e. The quantitative estimate of drug-likeness (QED) is 0.675. The number of halogens is 1. The van der Waals surface area contributed by atoms with Crippen LogP contribution in [0.3, 0.4) is 0 Å². The molecule has 0 aliphatic carbocycles. The van der Waals surface area contributed by atoms with Gasteiger partial charge in [0, 0.05) is 5.88 Å². The van der Waals surface area contributed by atoms with Gasteiger partial charge in [0.2, 0.25) is 0 Å². The number of aryl methyl sites for hydroxylation is 1. The number of aliphatic hydroxyl groups excluding tert-OH is 1. The molecule has 0 fully saturated rings. The summed E-state index contributed by atoms with van der Waals surface area (Å²) < 4.78 is 0. The summed E-state index contributed by atoms with van der Waals surface area (Å²) in [6.07, 6.45) is 0. The third-order valence-electron chi connectivity index (χ3n) is 1.74. The van der Waals surface area contributed by atoms with Crippen molar-refractivity contribution in [2.24, 2.45) is 0 Å². The van der Waals surface area contributed by atoms with E-state index in [4.69, 9.17) is 16.7 Å². The van der Waals surface area contributed by atoms with E-state index in [1.165, 1.54) is 5.56 Å². The first-order valence-electron chi connectivity index (χ1n) is 3.53. The maximum atomic E-state index is 8.81. The Labute approximate surface area is 71.6 Å². The first-order valence-corrected chi connectivity index (χ1v) is 4.06. The van der Waals surface area contributed by atoms with E-state index in [0.29, 0.717) is 5.88 Å². The van der Waals surface area contributed by atoms with Crippen LogP contribution in [0, 0.1) is 6.92 Å². The highest BCUT2D eigenvalue weighted by molar-refractivity contribution is 6.17. The van der Waals surface area contributed by atoms with Crippen molar-refractivity contribution in [3.63, 3.8) is 0 Å². The van der Waals surface area contributed by atoms with Gasteiger partial charge in [-0.1, -0.05) is 18.2 Å². The molecule has 0 saturated heterocycles. The molecule has 0 aliphatic rings. The van der Waals surface area contributed by atoms with Crippen molar-refractivity contribution in [2.45, 2.75) is 19.4 Å². The molecule has 1 nitrogen and oxygen atoms in total. The van der Waals surface area contributed by atoms with Crippen LogP contribution < -0.4 is 0 Å². The maximum absolute atomic E-state index is 8.81. The van der Waals surface area contributed by atoms with Gasteiger partial charge in [0.05, 0.1) is 6.61 Å². The van der Waals surface area contributed by atoms with E-state index in [0.717, 1.165) is 11.1 Å². The molecule has 11 heavy (non-hydrogen) atoms. The first-order chi connectivity index (χ1) is 5.27. The summed E-state index contributed by atoms with van der Waals surface area (Å²) in [5.74, 6) is 0.514. The highest BCUT2D eigenvalue weighted by Gasteiger charge is 1.97. The topological polar surface area (TPSA) is 20.2 Å². The molecule has 0 heterocycles. The molecule has 1 aromatic rings. The zero-order valence-electron chi connectivity index (χ0n) is 6.47. The molecule has 2 heteroatoms. The predicted octanol–water partition coefficient (Wildman–Crippen LogP) is 2.23. The normalized spacial score (nSPS) is 10.1. The molecular weight excluding hydrogens is 160 g/mol. The maximum Gasteiger partial charge on any atom is 0.0681 e. The SMILES string of the molecule is Cc1ccc(CO)cc1CCl. The van der Waals surface area contributed by atoms with Crippen LogP contribution in [0.25, 0.3) is 0 Å². The molecule has 0 unspecified atom stereocenters. The van der Waals surface area contributed by atoms with Crippen molar-refractivity contribution in [2.75, 3.05) is 0 Å². The summed E-state index contributed by atoms with van der Waals surface area (Å²) in [4.78, 5) is 0. The number of benzene rings is 1. The second kappa shape index (κ2) is 3.74. The van der Waals surface area contributed by atoms with Gasteiger partial charge in [-0.05, 0) is 23.6 Å². The lowest BCUT2D eigenvalue weighted by atomic mass is 10.1. The van der Waals surface area contributed by atoms with Crippen LogP contribution in [-0.4, -0.2) is 5.11 Å². The number of aliphatic hydroxyl groups is 1. The van der Waals surface area contributed by atoms with E-state index in [1.807, 2.05) is 25.1 Å². The van der Waals surface area contributed by atoms with Crippen LogP contribution in [0.5, 0.6) is 0 Å². The zero-order valence-corrected chi connectivity index (χ0v) is 7.23. The van der Waals surface area contributed by atoms with Crippen molar-refractivity contribution < 1.29 is 5.11 Å². The fraction of sp³-hybridized carbons (Fsp3) is 0.333. The molecule has 0 aliphatic heterocycles. The first kappa shape index (κ1) is 8.57. The molecule has 1 N–H and O–H groups in total. The van der Waals surface area contributed by atoms with Gasteiger partial charge in [-0.25, -0.2) is 0 Å². The number of hydrogen-bond donors (Lipinski definition) is 1. The molecule has 60 valence electrons. The second-order valence-electron chi connectivity index (χ2n) is 2.55. The molecular formula is C9H11ClO. The van der Waals surface area contributed by atoms with Gasteiger partial charge < -0.3 is 5.11 Å². The van der Waals surface area contributed by atoms with E-state index >= 15 is 0 Å². The van der Waals surface area contributed by atoms with E-state index < -0.39 is 0 Å². The van der Waals surface area contributed by atoms with Crippen molar-refractivity contribution in [3.8, 4) is 0 Å². The Morgan fingerprint density at radius 3 is 2.73 bits per heavy atom. The Morgan fingerprint density at radius 1 is 1.45 bits per heavy atom. The molecule has 0 radical (unpaired) electrons. The smallest absolute Gasteiger partial charge is 0.0681 e. The lowest BCUT2D eigenvalue weighted by Crippen LogP contribution is -1.89. The Kier molecular flexibility index (Phi) is 2.92. The Bertz CT molecular complexity index is 245. The molecule has 0 amide bonds. The molecule has 0 saturated carbocycles. The van der Waals surface area contributed by atoms with Crippen molar-refractivity contribution in [1.29, 1.82) is 0 Å². The van der Waals surface area contributed by atoms with E-state index in [-0.39, 0.29) is 6.61 Å². The minimum Gasteiger partial charge on any atom is -0.392 e. The predicted molar refractivity (Wildman–Crippen MR) is 46.7 cm³/mol. The van der Waals surface area contributed by atoms with Crippen LogP contribution in [0.2, 0.25) is 0 Å². The average molecular weight is 171 g/mol. The third-order valence-corrected chi connectivity index (χ3v) is 2.03. The van der Waals surface area contributed by atoms with Gasteiger partial charge in [0.1, 0.15) is 0 Å².